The van der Waals surface area contributed by atoms with Crippen LogP contribution in [0.5, 0.6) is 0 Å². The lowest BCUT2D eigenvalue weighted by molar-refractivity contribution is -0.151. The second-order valence-electron chi connectivity index (χ2n) is 12.1. The second kappa shape index (κ2) is 9.49. The summed E-state index contributed by atoms with van der Waals surface area (Å²) in [5.41, 5.74) is -1.30. The summed E-state index contributed by atoms with van der Waals surface area (Å²) in [5, 5.41) is 3.54. The largest absolute Gasteiger partial charge is 0.419 e. The van der Waals surface area contributed by atoms with Gasteiger partial charge in [0.2, 0.25) is 5.91 Å². The number of pyridine rings is 1. The number of likely N-dealkylation sites (tertiary alicyclic amines) is 1. The summed E-state index contributed by atoms with van der Waals surface area (Å²) in [7, 11) is 1.99. The van der Waals surface area contributed by atoms with Crippen molar-refractivity contribution in [3.8, 4) is 0 Å². The Hall–Kier alpha value is -2.08. The van der Waals surface area contributed by atoms with E-state index < -0.39 is 24.3 Å². The van der Waals surface area contributed by atoms with Gasteiger partial charge < -0.3 is 15.1 Å². The van der Waals surface area contributed by atoms with Crippen LogP contribution in [0.15, 0.2) is 12.3 Å². The molecule has 1 N–H and O–H groups in total. The highest BCUT2D eigenvalue weighted by Gasteiger charge is 2.55. The van der Waals surface area contributed by atoms with Crippen LogP contribution in [0.3, 0.4) is 0 Å². The minimum atomic E-state index is -4.68. The Labute approximate surface area is 226 Å². The maximum absolute atomic E-state index is 13.9. The lowest BCUT2D eigenvalue weighted by Crippen LogP contribution is -2.73. The number of aromatic nitrogens is 1. The van der Waals surface area contributed by atoms with E-state index in [0.29, 0.717) is 38.1 Å². The van der Waals surface area contributed by atoms with Crippen LogP contribution < -0.4 is 10.2 Å². The Balaban J connectivity index is 1.13. The topological polar surface area (TPSA) is 48.5 Å². The van der Waals surface area contributed by atoms with Crippen LogP contribution in [0, 0.1) is 23.2 Å². The maximum Gasteiger partial charge on any atom is 0.419 e. The number of hydrogen-bond donors (Lipinski definition) is 1. The molecule has 3 atom stereocenters. The van der Waals surface area contributed by atoms with Crippen LogP contribution >= 0.6 is 11.3 Å². The Bertz CT molecular complexity index is 1240. The first kappa shape index (κ1) is 27.1. The molecule has 1 amide bonds. The Morgan fingerprint density at radius 2 is 1.82 bits per heavy atom. The predicted molar refractivity (Wildman–Crippen MR) is 137 cm³/mol. The van der Waals surface area contributed by atoms with Gasteiger partial charge in [-0.05, 0) is 50.6 Å². The minimum absolute atomic E-state index is 0.00129. The summed E-state index contributed by atoms with van der Waals surface area (Å²) in [5.74, 6) is 1.46. The normalized spacial score (nSPS) is 27.1. The Kier molecular flexibility index (Phi) is 6.60. The van der Waals surface area contributed by atoms with Gasteiger partial charge in [0.1, 0.15) is 4.83 Å². The molecule has 1 spiro atoms. The number of halogens is 6. The van der Waals surface area contributed by atoms with Gasteiger partial charge in [0.15, 0.2) is 0 Å². The molecule has 2 aromatic rings. The molecule has 2 saturated heterocycles. The molecule has 2 aliphatic carbocycles. The van der Waals surface area contributed by atoms with E-state index in [1.54, 1.807) is 4.90 Å². The van der Waals surface area contributed by atoms with Gasteiger partial charge in [0.25, 0.3) is 0 Å². The maximum atomic E-state index is 13.9. The summed E-state index contributed by atoms with van der Waals surface area (Å²) in [6.45, 7) is 1.70. The number of nitrogens with one attached hydrogen (secondary N) is 1. The molecule has 0 radical (unpaired) electrons. The molecule has 4 aliphatic rings. The third-order valence-electron chi connectivity index (χ3n) is 9.03. The monoisotopic (exact) mass is 574 g/mol. The molecule has 2 unspecified atom stereocenters. The molecule has 4 heterocycles. The number of rotatable bonds is 6. The molecular weight excluding hydrogens is 542 g/mol. The SMILES string of the molecule is CNC1CCC(C(=O)N2CC3(C2)CN(c2c(C(F)(F)F)cnc4sc(CC(F)(F)F)cc24)C3)C[C@@H]1CC1CC1. The number of thiophene rings is 1. The standard InChI is InChI=1S/C27H32F6N4OS/c1-34-21-5-4-16(7-17(21)6-15-2-3-15)24(38)37-13-25(14-37)11-36(12-25)22-19-8-18(9-26(28,29)30)39-23(19)35-10-20(22)27(31,32)33/h8,10,15-17,21,34H,2-7,9,11-14H2,1H3/t16?,17-,21?/m0/s1. The number of hydrogen-bond acceptors (Lipinski definition) is 5. The molecule has 0 aromatic carbocycles. The molecule has 214 valence electrons. The van der Waals surface area contributed by atoms with E-state index in [4.69, 9.17) is 0 Å². The molecule has 6 rings (SSSR count). The van der Waals surface area contributed by atoms with Crippen molar-refractivity contribution in [3.05, 3.63) is 22.7 Å². The summed E-state index contributed by atoms with van der Waals surface area (Å²) in [6.07, 6.45) is -3.16. The van der Waals surface area contributed by atoms with Crippen LogP contribution in [0.1, 0.15) is 49.0 Å². The van der Waals surface area contributed by atoms with Crippen molar-refractivity contribution >= 4 is 33.1 Å². The van der Waals surface area contributed by atoms with E-state index in [1.165, 1.54) is 25.3 Å². The summed E-state index contributed by atoms with van der Waals surface area (Å²) in [4.78, 5) is 20.7. The number of carbonyl (C=O) groups is 1. The smallest absolute Gasteiger partial charge is 0.369 e. The summed E-state index contributed by atoms with van der Waals surface area (Å²) < 4.78 is 80.5. The van der Waals surface area contributed by atoms with Gasteiger partial charge in [-0.1, -0.05) is 12.8 Å². The van der Waals surface area contributed by atoms with Crippen LogP contribution in [-0.2, 0) is 17.4 Å². The van der Waals surface area contributed by atoms with Gasteiger partial charge in [-0.15, -0.1) is 11.3 Å². The fraction of sp³-hybridized carbons (Fsp3) is 0.704. The lowest BCUT2D eigenvalue weighted by Gasteiger charge is -2.61. The molecule has 12 heteroatoms. The first-order chi connectivity index (χ1) is 18.3. The van der Waals surface area contributed by atoms with Crippen LogP contribution in [-0.4, -0.2) is 61.2 Å². The average Bonchev–Trinajstić information content (AvgIpc) is 3.51. The molecule has 2 aliphatic heterocycles. The fourth-order valence-electron chi connectivity index (χ4n) is 7.07. The van der Waals surface area contributed by atoms with Crippen molar-refractivity contribution in [1.82, 2.24) is 15.2 Å². The zero-order valence-corrected chi connectivity index (χ0v) is 22.5. The molecule has 39 heavy (non-hydrogen) atoms. The van der Waals surface area contributed by atoms with E-state index >= 15 is 0 Å². The zero-order valence-electron chi connectivity index (χ0n) is 21.7. The van der Waals surface area contributed by atoms with Gasteiger partial charge in [-0.2, -0.15) is 26.3 Å². The first-order valence-electron chi connectivity index (χ1n) is 13.6. The molecular formula is C27H32F6N4OS. The van der Waals surface area contributed by atoms with Crippen molar-refractivity contribution < 1.29 is 31.1 Å². The Morgan fingerprint density at radius 1 is 1.10 bits per heavy atom. The summed E-state index contributed by atoms with van der Waals surface area (Å²) in [6, 6.07) is 1.65. The van der Waals surface area contributed by atoms with Crippen LogP contribution in [0.2, 0.25) is 0 Å². The summed E-state index contributed by atoms with van der Waals surface area (Å²) >= 11 is 0.776. The average molecular weight is 575 g/mol. The van der Waals surface area contributed by atoms with Crippen molar-refractivity contribution in [2.24, 2.45) is 23.2 Å². The van der Waals surface area contributed by atoms with Gasteiger partial charge >= 0.3 is 12.4 Å². The first-order valence-corrected chi connectivity index (χ1v) is 14.4. The molecule has 2 saturated carbocycles. The number of alkyl halides is 6. The quantitative estimate of drug-likeness (QED) is 0.439. The third-order valence-corrected chi connectivity index (χ3v) is 10.1. The Morgan fingerprint density at radius 3 is 2.44 bits per heavy atom. The van der Waals surface area contributed by atoms with Crippen molar-refractivity contribution in [1.29, 1.82) is 0 Å². The second-order valence-corrected chi connectivity index (χ2v) is 13.3. The van der Waals surface area contributed by atoms with Crippen LogP contribution in [0.4, 0.5) is 32.0 Å². The predicted octanol–water partition coefficient (Wildman–Crippen LogP) is 5.87. The number of fused-ring (bicyclic) bond motifs is 1. The highest BCUT2D eigenvalue weighted by Crippen LogP contribution is 2.50. The number of anilines is 1. The highest BCUT2D eigenvalue weighted by molar-refractivity contribution is 7.18. The van der Waals surface area contributed by atoms with Crippen molar-refractivity contribution in [2.75, 3.05) is 38.1 Å². The molecule has 5 nitrogen and oxygen atoms in total. The van der Waals surface area contributed by atoms with E-state index in [0.717, 1.165) is 42.7 Å². The molecule has 4 fully saturated rings. The van der Waals surface area contributed by atoms with E-state index in [9.17, 15) is 31.1 Å². The van der Waals surface area contributed by atoms with Crippen molar-refractivity contribution in [2.45, 2.75) is 63.3 Å². The van der Waals surface area contributed by atoms with E-state index in [1.807, 2.05) is 11.9 Å². The fourth-order valence-corrected chi connectivity index (χ4v) is 8.10. The van der Waals surface area contributed by atoms with Gasteiger partial charge in [0.05, 0.1) is 17.7 Å². The number of nitrogens with zero attached hydrogens (tertiary/aromatic N) is 3. The van der Waals surface area contributed by atoms with Gasteiger partial charge in [-0.25, -0.2) is 4.98 Å². The molecule has 0 bridgehead atoms. The highest BCUT2D eigenvalue weighted by atomic mass is 32.1. The van der Waals surface area contributed by atoms with Crippen molar-refractivity contribution in [3.63, 3.8) is 0 Å². The van der Waals surface area contributed by atoms with Gasteiger partial charge in [-0.3, -0.25) is 4.79 Å². The lowest BCUT2D eigenvalue weighted by atomic mass is 9.70. The molecule has 2 aromatic heterocycles. The number of carbonyl (C=O) groups excluding carboxylic acids is 1. The third kappa shape index (κ3) is 5.35. The van der Waals surface area contributed by atoms with Crippen LogP contribution in [0.25, 0.3) is 10.2 Å². The minimum Gasteiger partial charge on any atom is -0.369 e. The zero-order chi connectivity index (χ0) is 27.7. The van der Waals surface area contributed by atoms with Gasteiger partial charge in [0, 0.05) is 60.0 Å². The number of amides is 1. The van der Waals surface area contributed by atoms with E-state index in [2.05, 4.69) is 10.3 Å². The van der Waals surface area contributed by atoms with E-state index in [-0.39, 0.29) is 38.0 Å².